The molecule has 4 N–H and O–H groups in total. The van der Waals surface area contributed by atoms with Crippen molar-refractivity contribution in [3.63, 3.8) is 0 Å². The summed E-state index contributed by atoms with van der Waals surface area (Å²) in [6.07, 6.45) is 2.21. The number of piperidine rings is 1. The number of urea groups is 1. The number of hydrogen-bond acceptors (Lipinski definition) is 4. The van der Waals surface area contributed by atoms with Crippen LogP contribution < -0.4 is 10.6 Å². The summed E-state index contributed by atoms with van der Waals surface area (Å²) in [6.45, 7) is 8.50. The fraction of sp³-hybridized carbons (Fsp3) is 0.619. The Morgan fingerprint density at radius 2 is 1.96 bits per heavy atom. The van der Waals surface area contributed by atoms with Crippen molar-refractivity contribution in [3.8, 4) is 0 Å². The van der Waals surface area contributed by atoms with Crippen LogP contribution >= 0.6 is 0 Å². The first-order chi connectivity index (χ1) is 13.4. The molecule has 0 aliphatic carbocycles. The Labute approximate surface area is 167 Å². The van der Waals surface area contributed by atoms with Crippen LogP contribution in [0.1, 0.15) is 32.3 Å². The summed E-state index contributed by atoms with van der Waals surface area (Å²) in [5.41, 5.74) is 6.94. The molecule has 3 rings (SSSR count). The Morgan fingerprint density at radius 3 is 2.57 bits per heavy atom. The molecule has 7 nitrogen and oxygen atoms in total. The molecule has 0 aromatic heterocycles. The highest BCUT2D eigenvalue weighted by atomic mass is 16.3. The lowest BCUT2D eigenvalue weighted by Crippen LogP contribution is -2.56. The number of carbonyl (C=O) groups excluding carboxylic acids is 1. The molecule has 0 radical (unpaired) electrons. The van der Waals surface area contributed by atoms with Gasteiger partial charge in [0.15, 0.2) is 0 Å². The first kappa shape index (κ1) is 20.6. The third-order valence-corrected chi connectivity index (χ3v) is 6.01. The third kappa shape index (κ3) is 4.64. The Morgan fingerprint density at radius 1 is 1.25 bits per heavy atom. The summed E-state index contributed by atoms with van der Waals surface area (Å²) in [7, 11) is 0. The molecule has 28 heavy (non-hydrogen) atoms. The van der Waals surface area contributed by atoms with Gasteiger partial charge in [0, 0.05) is 49.5 Å². The summed E-state index contributed by atoms with van der Waals surface area (Å²) in [5, 5.41) is 17.4. The zero-order chi connectivity index (χ0) is 20.3. The van der Waals surface area contributed by atoms with E-state index in [-0.39, 0.29) is 24.4 Å². The van der Waals surface area contributed by atoms with Crippen LogP contribution in [0.25, 0.3) is 0 Å². The Bertz CT molecular complexity index is 700. The summed E-state index contributed by atoms with van der Waals surface area (Å²) in [5.74, 6) is 0.509. The first-order valence-corrected chi connectivity index (χ1v) is 10.2. The van der Waals surface area contributed by atoms with Crippen LogP contribution in [0.4, 0.5) is 10.5 Å². The van der Waals surface area contributed by atoms with E-state index in [9.17, 15) is 9.90 Å². The van der Waals surface area contributed by atoms with E-state index < -0.39 is 0 Å². The zero-order valence-corrected chi connectivity index (χ0v) is 17.0. The van der Waals surface area contributed by atoms with Crippen LogP contribution in [-0.2, 0) is 0 Å². The lowest BCUT2D eigenvalue weighted by molar-refractivity contribution is 0.107. The van der Waals surface area contributed by atoms with Gasteiger partial charge in [-0.15, -0.1) is 0 Å². The van der Waals surface area contributed by atoms with Crippen LogP contribution in [0.5, 0.6) is 0 Å². The monoisotopic (exact) mass is 387 g/mol. The van der Waals surface area contributed by atoms with Crippen LogP contribution in [0.15, 0.2) is 24.3 Å². The molecular formula is C21H33N5O2. The van der Waals surface area contributed by atoms with E-state index in [1.165, 1.54) is 0 Å². The van der Waals surface area contributed by atoms with Crippen molar-refractivity contribution in [2.45, 2.75) is 32.7 Å². The normalized spacial score (nSPS) is 22.1. The van der Waals surface area contributed by atoms with Crippen molar-refractivity contribution in [2.24, 2.45) is 17.6 Å². The number of anilines is 1. The number of amidine groups is 1. The summed E-state index contributed by atoms with van der Waals surface area (Å²) < 4.78 is 0. The molecule has 2 heterocycles. The van der Waals surface area contributed by atoms with E-state index in [1.54, 1.807) is 17.0 Å². The van der Waals surface area contributed by atoms with Gasteiger partial charge in [0.25, 0.3) is 0 Å². The van der Waals surface area contributed by atoms with E-state index in [1.807, 2.05) is 17.0 Å². The summed E-state index contributed by atoms with van der Waals surface area (Å²) in [4.78, 5) is 19.3. The predicted molar refractivity (Wildman–Crippen MR) is 112 cm³/mol. The Hall–Kier alpha value is -2.12. The number of aliphatic hydroxyl groups excluding tert-OH is 1. The second-order valence-corrected chi connectivity index (χ2v) is 8.38. The molecule has 0 saturated carbocycles. The van der Waals surface area contributed by atoms with Gasteiger partial charge in [-0.1, -0.05) is 12.1 Å². The molecule has 2 aliphatic heterocycles. The fourth-order valence-corrected chi connectivity index (χ4v) is 4.24. The number of nitrogen functional groups attached to an aromatic ring is 1. The number of likely N-dealkylation sites (tertiary alicyclic amines) is 1. The average Bonchev–Trinajstić information content (AvgIpc) is 2.70. The minimum Gasteiger partial charge on any atom is -0.396 e. The van der Waals surface area contributed by atoms with Gasteiger partial charge in [-0.05, 0) is 57.8 Å². The van der Waals surface area contributed by atoms with Gasteiger partial charge in [0.05, 0.1) is 0 Å². The molecule has 2 saturated heterocycles. The number of benzene rings is 1. The minimum atomic E-state index is -0.0170. The highest BCUT2D eigenvalue weighted by molar-refractivity contribution is 5.98. The van der Waals surface area contributed by atoms with Crippen molar-refractivity contribution in [1.29, 1.82) is 5.41 Å². The number of nitrogens with one attached hydrogen (secondary N) is 1. The second kappa shape index (κ2) is 8.92. The van der Waals surface area contributed by atoms with Gasteiger partial charge in [-0.2, -0.15) is 0 Å². The molecule has 1 unspecified atom stereocenters. The zero-order valence-electron chi connectivity index (χ0n) is 17.0. The predicted octanol–water partition coefficient (Wildman–Crippen LogP) is 1.94. The first-order valence-electron chi connectivity index (χ1n) is 10.2. The lowest BCUT2D eigenvalue weighted by Gasteiger charge is -2.42. The van der Waals surface area contributed by atoms with Crippen LogP contribution in [0.3, 0.4) is 0 Å². The van der Waals surface area contributed by atoms with Gasteiger partial charge < -0.3 is 20.6 Å². The van der Waals surface area contributed by atoms with E-state index in [2.05, 4.69) is 18.7 Å². The topological polar surface area (TPSA) is 96.9 Å². The van der Waals surface area contributed by atoms with Crippen LogP contribution in [0.2, 0.25) is 0 Å². The molecule has 1 aromatic rings. The molecule has 1 aromatic carbocycles. The van der Waals surface area contributed by atoms with E-state index >= 15 is 0 Å². The van der Waals surface area contributed by atoms with Crippen LogP contribution in [0, 0.1) is 17.2 Å². The van der Waals surface area contributed by atoms with E-state index in [0.29, 0.717) is 30.6 Å². The van der Waals surface area contributed by atoms with E-state index in [4.69, 9.17) is 11.1 Å². The molecule has 2 amide bonds. The molecule has 2 fully saturated rings. The van der Waals surface area contributed by atoms with E-state index in [0.717, 1.165) is 38.2 Å². The smallest absolute Gasteiger partial charge is 0.324 e. The number of aliphatic hydroxyl groups is 1. The number of nitrogens with zero attached hydrogens (tertiary/aromatic N) is 3. The van der Waals surface area contributed by atoms with Gasteiger partial charge in [-0.3, -0.25) is 10.3 Å². The minimum absolute atomic E-state index is 0.0150. The van der Waals surface area contributed by atoms with Gasteiger partial charge in [-0.25, -0.2) is 4.79 Å². The highest BCUT2D eigenvalue weighted by Gasteiger charge is 2.34. The Kier molecular flexibility index (Phi) is 6.57. The largest absolute Gasteiger partial charge is 0.396 e. The molecular weight excluding hydrogens is 354 g/mol. The number of amides is 2. The number of carbonyl (C=O) groups is 1. The van der Waals surface area contributed by atoms with Crippen molar-refractivity contribution in [1.82, 2.24) is 9.80 Å². The van der Waals surface area contributed by atoms with Crippen LogP contribution in [-0.4, -0.2) is 72.1 Å². The van der Waals surface area contributed by atoms with Crippen molar-refractivity contribution < 1.29 is 9.90 Å². The number of rotatable bonds is 6. The summed E-state index contributed by atoms with van der Waals surface area (Å²) >= 11 is 0. The molecule has 7 heteroatoms. The van der Waals surface area contributed by atoms with Gasteiger partial charge in [0.2, 0.25) is 0 Å². The second-order valence-electron chi connectivity index (χ2n) is 8.38. The number of nitrogens with two attached hydrogens (primary N) is 1. The maximum atomic E-state index is 13.2. The molecule has 0 spiro atoms. The summed E-state index contributed by atoms with van der Waals surface area (Å²) in [6, 6.07) is 7.78. The molecule has 1 atom stereocenters. The fourth-order valence-electron chi connectivity index (χ4n) is 4.24. The Balaban J connectivity index is 1.71. The highest BCUT2D eigenvalue weighted by Crippen LogP contribution is 2.26. The molecule has 0 bridgehead atoms. The lowest BCUT2D eigenvalue weighted by atomic mass is 9.94. The third-order valence-electron chi connectivity index (χ3n) is 6.01. The SMILES string of the molecule is CC(C)N1CCC(CN2CC(CO)CN(c3cccc(C(=N)N)c3)C2=O)CC1. The van der Waals surface area contributed by atoms with Crippen molar-refractivity contribution in [2.75, 3.05) is 44.2 Å². The maximum absolute atomic E-state index is 13.2. The maximum Gasteiger partial charge on any atom is 0.324 e. The van der Waals surface area contributed by atoms with Crippen molar-refractivity contribution >= 4 is 17.6 Å². The van der Waals surface area contributed by atoms with Gasteiger partial charge >= 0.3 is 6.03 Å². The standard InChI is InChI=1S/C21H33N5O2/c1-15(2)24-8-6-16(7-9-24)11-25-12-17(14-27)13-26(21(25)28)19-5-3-4-18(10-19)20(22)23/h3-5,10,15-17,27H,6-9,11-14H2,1-2H3,(H3,22,23). The quantitative estimate of drug-likeness (QED) is 0.513. The molecule has 154 valence electrons. The van der Waals surface area contributed by atoms with Gasteiger partial charge in [0.1, 0.15) is 5.84 Å². The van der Waals surface area contributed by atoms with Crippen molar-refractivity contribution in [3.05, 3.63) is 29.8 Å². The number of hydrogen-bond donors (Lipinski definition) is 3. The average molecular weight is 388 g/mol. The molecule has 2 aliphatic rings.